The summed E-state index contributed by atoms with van der Waals surface area (Å²) in [5.41, 5.74) is 2.03. The Balaban J connectivity index is 1.55. The normalized spacial score (nSPS) is 15.0. The number of esters is 1. The van der Waals surface area contributed by atoms with Gasteiger partial charge in [-0.2, -0.15) is 5.10 Å². The van der Waals surface area contributed by atoms with Crippen molar-refractivity contribution >= 4 is 23.8 Å². The van der Waals surface area contributed by atoms with Gasteiger partial charge in [0.1, 0.15) is 0 Å². The number of carbonyl (C=O) groups is 1. The summed E-state index contributed by atoms with van der Waals surface area (Å²) in [5.74, 6) is 0.526. The minimum absolute atomic E-state index is 0.380. The molecule has 1 saturated heterocycles. The van der Waals surface area contributed by atoms with Gasteiger partial charge in [-0.3, -0.25) is 14.7 Å². The molecule has 0 saturated carbocycles. The molecule has 0 atom stereocenters. The molecule has 7 heteroatoms. The molecule has 0 spiro atoms. The van der Waals surface area contributed by atoms with Crippen LogP contribution in [0.1, 0.15) is 18.1 Å². The summed E-state index contributed by atoms with van der Waals surface area (Å²) in [6.07, 6.45) is 1.80. The summed E-state index contributed by atoms with van der Waals surface area (Å²) in [4.78, 5) is 13.5. The van der Waals surface area contributed by atoms with Crippen molar-refractivity contribution in [1.82, 2.24) is 9.91 Å². The summed E-state index contributed by atoms with van der Waals surface area (Å²) >= 11 is 6.25. The Morgan fingerprint density at radius 3 is 2.57 bits per heavy atom. The van der Waals surface area contributed by atoms with Crippen molar-refractivity contribution in [3.63, 3.8) is 0 Å². The van der Waals surface area contributed by atoms with Crippen molar-refractivity contribution in [2.45, 2.75) is 13.5 Å². The lowest BCUT2D eigenvalue weighted by atomic mass is 10.2. The highest BCUT2D eigenvalue weighted by Gasteiger charge is 2.16. The van der Waals surface area contributed by atoms with Crippen molar-refractivity contribution in [1.29, 1.82) is 0 Å². The molecule has 0 bridgehead atoms. The zero-order valence-corrected chi connectivity index (χ0v) is 16.9. The Labute approximate surface area is 170 Å². The fourth-order valence-corrected chi connectivity index (χ4v) is 3.23. The van der Waals surface area contributed by atoms with Crippen molar-refractivity contribution < 1.29 is 14.3 Å². The molecule has 0 amide bonds. The highest BCUT2D eigenvalue weighted by atomic mass is 35.5. The number of hydrogen-bond acceptors (Lipinski definition) is 6. The van der Waals surface area contributed by atoms with Crippen LogP contribution < -0.4 is 9.47 Å². The SMILES string of the molecule is COc1cc(/C=N/N2CCN(Cc3ccccc3Cl)CC2)ccc1OC(C)=O. The highest BCUT2D eigenvalue weighted by Crippen LogP contribution is 2.27. The van der Waals surface area contributed by atoms with Gasteiger partial charge in [-0.15, -0.1) is 0 Å². The van der Waals surface area contributed by atoms with E-state index in [0.717, 1.165) is 48.9 Å². The lowest BCUT2D eigenvalue weighted by Gasteiger charge is -2.33. The number of halogens is 1. The van der Waals surface area contributed by atoms with E-state index in [1.165, 1.54) is 6.92 Å². The van der Waals surface area contributed by atoms with Crippen molar-refractivity contribution in [3.8, 4) is 11.5 Å². The molecular weight excluding hydrogens is 378 g/mol. The zero-order chi connectivity index (χ0) is 19.9. The third-order valence-electron chi connectivity index (χ3n) is 4.51. The molecule has 28 heavy (non-hydrogen) atoms. The van der Waals surface area contributed by atoms with Crippen molar-refractivity contribution in [2.75, 3.05) is 33.3 Å². The van der Waals surface area contributed by atoms with E-state index in [9.17, 15) is 4.79 Å². The minimum Gasteiger partial charge on any atom is -0.493 e. The van der Waals surface area contributed by atoms with Crippen LogP contribution in [0.3, 0.4) is 0 Å². The number of nitrogens with zero attached hydrogens (tertiary/aromatic N) is 3. The first-order chi connectivity index (χ1) is 13.5. The maximum absolute atomic E-state index is 11.1. The van der Waals surface area contributed by atoms with E-state index >= 15 is 0 Å². The molecule has 3 rings (SSSR count). The molecular formula is C21H24ClN3O3. The third-order valence-corrected chi connectivity index (χ3v) is 4.88. The van der Waals surface area contributed by atoms with Crippen LogP contribution in [-0.2, 0) is 11.3 Å². The molecule has 0 N–H and O–H groups in total. The highest BCUT2D eigenvalue weighted by molar-refractivity contribution is 6.31. The molecule has 1 heterocycles. The largest absolute Gasteiger partial charge is 0.493 e. The molecule has 0 aliphatic carbocycles. The maximum Gasteiger partial charge on any atom is 0.308 e. The average Bonchev–Trinajstić information content (AvgIpc) is 2.69. The number of rotatable bonds is 6. The predicted molar refractivity (Wildman–Crippen MR) is 110 cm³/mol. The number of ether oxygens (including phenoxy) is 2. The third kappa shape index (κ3) is 5.47. The Hall–Kier alpha value is -2.57. The van der Waals surface area contributed by atoms with Gasteiger partial charge in [0.15, 0.2) is 11.5 Å². The van der Waals surface area contributed by atoms with Crippen LogP contribution in [0.5, 0.6) is 11.5 Å². The van der Waals surface area contributed by atoms with Crippen LogP contribution >= 0.6 is 11.6 Å². The van der Waals surface area contributed by atoms with E-state index in [1.807, 2.05) is 24.3 Å². The van der Waals surface area contributed by atoms with Crippen LogP contribution in [0, 0.1) is 0 Å². The van der Waals surface area contributed by atoms with Gasteiger partial charge in [0.05, 0.1) is 13.3 Å². The molecule has 1 fully saturated rings. The van der Waals surface area contributed by atoms with Gasteiger partial charge in [-0.05, 0) is 35.4 Å². The van der Waals surface area contributed by atoms with Gasteiger partial charge >= 0.3 is 5.97 Å². The standard InChI is InChI=1S/C21H24ClN3O3/c1-16(26)28-20-8-7-17(13-21(20)27-2)14-23-25-11-9-24(10-12-25)15-18-5-3-4-6-19(18)22/h3-8,13-14H,9-12,15H2,1-2H3/b23-14+. The van der Waals surface area contributed by atoms with E-state index in [2.05, 4.69) is 21.1 Å². The van der Waals surface area contributed by atoms with Crippen LogP contribution in [-0.4, -0.2) is 55.4 Å². The number of benzene rings is 2. The first-order valence-electron chi connectivity index (χ1n) is 9.16. The summed E-state index contributed by atoms with van der Waals surface area (Å²) in [6, 6.07) is 13.3. The zero-order valence-electron chi connectivity index (χ0n) is 16.1. The monoisotopic (exact) mass is 401 g/mol. The molecule has 0 aromatic heterocycles. The predicted octanol–water partition coefficient (Wildman–Crippen LogP) is 3.43. The average molecular weight is 402 g/mol. The second-order valence-corrected chi connectivity index (χ2v) is 6.98. The smallest absolute Gasteiger partial charge is 0.308 e. The van der Waals surface area contributed by atoms with Gasteiger partial charge in [0.2, 0.25) is 0 Å². The summed E-state index contributed by atoms with van der Waals surface area (Å²) in [6.45, 7) is 5.77. The molecule has 1 aliphatic heterocycles. The van der Waals surface area contributed by atoms with E-state index in [-0.39, 0.29) is 5.97 Å². The molecule has 2 aromatic rings. The van der Waals surface area contributed by atoms with E-state index < -0.39 is 0 Å². The Kier molecular flexibility index (Phi) is 6.90. The number of carbonyl (C=O) groups excluding carboxylic acids is 1. The van der Waals surface area contributed by atoms with Crippen molar-refractivity contribution in [3.05, 3.63) is 58.6 Å². The summed E-state index contributed by atoms with van der Waals surface area (Å²) in [5, 5.41) is 7.44. The lowest BCUT2D eigenvalue weighted by molar-refractivity contribution is -0.132. The first kappa shape index (κ1) is 20.2. The number of hydrazone groups is 1. The van der Waals surface area contributed by atoms with Gasteiger partial charge < -0.3 is 9.47 Å². The summed E-state index contributed by atoms with van der Waals surface area (Å²) < 4.78 is 10.4. The molecule has 0 unspecified atom stereocenters. The van der Waals surface area contributed by atoms with Gasteiger partial charge in [-0.1, -0.05) is 29.8 Å². The number of piperazine rings is 1. The van der Waals surface area contributed by atoms with E-state index in [0.29, 0.717) is 11.5 Å². The Bertz CT molecular complexity index is 849. The summed E-state index contributed by atoms with van der Waals surface area (Å²) in [7, 11) is 1.54. The lowest BCUT2D eigenvalue weighted by Crippen LogP contribution is -2.43. The molecule has 148 valence electrons. The van der Waals surface area contributed by atoms with E-state index in [1.54, 1.807) is 25.5 Å². The van der Waals surface area contributed by atoms with Crippen LogP contribution in [0.25, 0.3) is 0 Å². The number of methoxy groups -OCH3 is 1. The van der Waals surface area contributed by atoms with Crippen LogP contribution in [0.2, 0.25) is 5.02 Å². The van der Waals surface area contributed by atoms with Gasteiger partial charge in [0.25, 0.3) is 0 Å². The van der Waals surface area contributed by atoms with Gasteiger partial charge in [-0.25, -0.2) is 0 Å². The molecule has 2 aromatic carbocycles. The quantitative estimate of drug-likeness (QED) is 0.421. The van der Waals surface area contributed by atoms with Gasteiger partial charge in [0, 0.05) is 44.7 Å². The fraction of sp³-hybridized carbons (Fsp3) is 0.333. The Morgan fingerprint density at radius 1 is 1.14 bits per heavy atom. The Morgan fingerprint density at radius 2 is 1.89 bits per heavy atom. The fourth-order valence-electron chi connectivity index (χ4n) is 3.03. The maximum atomic E-state index is 11.1. The minimum atomic E-state index is -0.380. The van der Waals surface area contributed by atoms with E-state index in [4.69, 9.17) is 21.1 Å². The molecule has 1 aliphatic rings. The topological polar surface area (TPSA) is 54.4 Å². The van der Waals surface area contributed by atoms with Crippen molar-refractivity contribution in [2.24, 2.45) is 5.10 Å². The number of hydrogen-bond donors (Lipinski definition) is 0. The van der Waals surface area contributed by atoms with Crippen LogP contribution in [0.15, 0.2) is 47.6 Å². The first-order valence-corrected chi connectivity index (χ1v) is 9.54. The second-order valence-electron chi connectivity index (χ2n) is 6.57. The second kappa shape index (κ2) is 9.57. The van der Waals surface area contributed by atoms with Crippen LogP contribution in [0.4, 0.5) is 0 Å². The molecule has 6 nitrogen and oxygen atoms in total. The molecule has 0 radical (unpaired) electrons.